The highest BCUT2D eigenvalue weighted by molar-refractivity contribution is 5.65. The molecule has 0 aliphatic rings. The minimum absolute atomic E-state index is 0.0543. The first-order valence-corrected chi connectivity index (χ1v) is 12.6. The van der Waals surface area contributed by atoms with Crippen molar-refractivity contribution in [1.82, 2.24) is 9.55 Å². The molecule has 34 heavy (non-hydrogen) atoms. The third kappa shape index (κ3) is 7.06. The van der Waals surface area contributed by atoms with E-state index in [1.165, 1.54) is 0 Å². The van der Waals surface area contributed by atoms with Crippen LogP contribution in [0.15, 0.2) is 59.5 Å². The van der Waals surface area contributed by atoms with Crippen molar-refractivity contribution in [2.45, 2.75) is 74.0 Å². The van der Waals surface area contributed by atoms with E-state index in [0.717, 1.165) is 47.3 Å². The second kappa shape index (κ2) is 12.0. The Morgan fingerprint density at radius 1 is 0.882 bits per heavy atom. The summed E-state index contributed by atoms with van der Waals surface area (Å²) in [7, 11) is 0. The van der Waals surface area contributed by atoms with Gasteiger partial charge >= 0.3 is 0 Å². The zero-order valence-corrected chi connectivity index (χ0v) is 21.7. The van der Waals surface area contributed by atoms with Crippen LogP contribution in [-0.2, 0) is 26.0 Å². The van der Waals surface area contributed by atoms with Crippen molar-refractivity contribution in [2.75, 3.05) is 0 Å². The minimum Gasteiger partial charge on any atom is -0.483 e. The Bertz CT molecular complexity index is 1110. The minimum atomic E-state index is -0.0543. The van der Waals surface area contributed by atoms with E-state index >= 15 is 0 Å². The summed E-state index contributed by atoms with van der Waals surface area (Å²) in [6, 6.07) is 16.2. The number of pyridine rings is 2. The number of rotatable bonds is 11. The van der Waals surface area contributed by atoms with Gasteiger partial charge in [0.2, 0.25) is 0 Å². The largest absolute Gasteiger partial charge is 0.483 e. The number of benzene rings is 1. The van der Waals surface area contributed by atoms with Crippen molar-refractivity contribution in [3.8, 4) is 17.0 Å². The first-order chi connectivity index (χ1) is 16.2. The van der Waals surface area contributed by atoms with Gasteiger partial charge in [-0.2, -0.15) is 0 Å². The summed E-state index contributed by atoms with van der Waals surface area (Å²) < 4.78 is 8.07. The summed E-state index contributed by atoms with van der Waals surface area (Å²) in [4.78, 5) is 18.3. The lowest BCUT2D eigenvalue weighted by atomic mass is 9.96. The number of hydrogen-bond acceptors (Lipinski definition) is 3. The van der Waals surface area contributed by atoms with Crippen molar-refractivity contribution in [2.24, 2.45) is 17.8 Å². The molecule has 182 valence electrons. The smallest absolute Gasteiger partial charge is 0.293 e. The van der Waals surface area contributed by atoms with Crippen LogP contribution in [0.5, 0.6) is 5.75 Å². The van der Waals surface area contributed by atoms with Crippen molar-refractivity contribution in [3.63, 3.8) is 0 Å². The molecule has 4 nitrogen and oxygen atoms in total. The van der Waals surface area contributed by atoms with Crippen LogP contribution in [-0.4, -0.2) is 9.55 Å². The molecule has 0 fully saturated rings. The average Bonchev–Trinajstić information content (AvgIpc) is 2.78. The zero-order valence-electron chi connectivity index (χ0n) is 21.7. The summed E-state index contributed by atoms with van der Waals surface area (Å²) in [6.45, 7) is 14.3. The van der Waals surface area contributed by atoms with Crippen molar-refractivity contribution < 1.29 is 4.74 Å². The van der Waals surface area contributed by atoms with Crippen molar-refractivity contribution in [1.29, 1.82) is 0 Å². The van der Waals surface area contributed by atoms with Crippen LogP contribution >= 0.6 is 0 Å². The predicted octanol–water partition coefficient (Wildman–Crippen LogP) is 6.93. The summed E-state index contributed by atoms with van der Waals surface area (Å²) in [5.41, 5.74) is 5.30. The van der Waals surface area contributed by atoms with Gasteiger partial charge in [-0.25, -0.2) is 0 Å². The van der Waals surface area contributed by atoms with Crippen LogP contribution in [0.2, 0.25) is 0 Å². The summed E-state index contributed by atoms with van der Waals surface area (Å²) in [6.07, 6.45) is 4.60. The van der Waals surface area contributed by atoms with E-state index in [4.69, 9.17) is 4.74 Å². The normalized spacial score (nSPS) is 11.6. The molecule has 0 unspecified atom stereocenters. The van der Waals surface area contributed by atoms with Crippen LogP contribution in [0.3, 0.4) is 0 Å². The molecule has 0 spiro atoms. The maximum Gasteiger partial charge on any atom is 0.293 e. The van der Waals surface area contributed by atoms with Gasteiger partial charge in [0.15, 0.2) is 5.75 Å². The Kier molecular flexibility index (Phi) is 9.09. The SMILES string of the molecule is CC(C)CCn1c(-c2ccnc(CC(C)C)c2)c(CC(C)C)cc(OCc2ccccc2)c1=O. The van der Waals surface area contributed by atoms with Gasteiger partial charge in [-0.05, 0) is 66.3 Å². The molecule has 4 heteroatoms. The Labute approximate surface area is 205 Å². The van der Waals surface area contributed by atoms with Crippen LogP contribution < -0.4 is 10.3 Å². The molecule has 0 saturated heterocycles. The van der Waals surface area contributed by atoms with Crippen LogP contribution in [0.4, 0.5) is 0 Å². The highest BCUT2D eigenvalue weighted by Gasteiger charge is 2.19. The molecule has 1 aromatic carbocycles. The van der Waals surface area contributed by atoms with Crippen molar-refractivity contribution in [3.05, 3.63) is 81.9 Å². The highest BCUT2D eigenvalue weighted by Crippen LogP contribution is 2.29. The van der Waals surface area contributed by atoms with Gasteiger partial charge in [0.05, 0.1) is 5.69 Å². The van der Waals surface area contributed by atoms with E-state index in [1.807, 2.05) is 53.2 Å². The summed E-state index contributed by atoms with van der Waals surface area (Å²) in [5, 5.41) is 0. The molecule has 0 N–H and O–H groups in total. The molecule has 3 aromatic rings. The fourth-order valence-electron chi connectivity index (χ4n) is 4.23. The molecule has 2 aromatic heterocycles. The Hall–Kier alpha value is -2.88. The zero-order chi connectivity index (χ0) is 24.7. The average molecular weight is 461 g/mol. The van der Waals surface area contributed by atoms with E-state index in [-0.39, 0.29) is 5.56 Å². The Morgan fingerprint density at radius 3 is 2.24 bits per heavy atom. The van der Waals surface area contributed by atoms with E-state index in [1.54, 1.807) is 0 Å². The molecule has 2 heterocycles. The second-order valence-corrected chi connectivity index (χ2v) is 10.5. The summed E-state index contributed by atoms with van der Waals surface area (Å²) >= 11 is 0. The maximum atomic E-state index is 13.7. The van der Waals surface area contributed by atoms with Crippen LogP contribution in [0.25, 0.3) is 11.3 Å². The van der Waals surface area contributed by atoms with Crippen LogP contribution in [0, 0.1) is 17.8 Å². The number of aromatic nitrogens is 2. The first-order valence-electron chi connectivity index (χ1n) is 12.6. The van der Waals surface area contributed by atoms with Crippen LogP contribution in [0.1, 0.15) is 64.8 Å². The van der Waals surface area contributed by atoms with Gasteiger partial charge in [0, 0.05) is 24.0 Å². The topological polar surface area (TPSA) is 44.1 Å². The maximum absolute atomic E-state index is 13.7. The third-order valence-electron chi connectivity index (χ3n) is 5.84. The molecule has 0 saturated carbocycles. The molecule has 0 atom stereocenters. The second-order valence-electron chi connectivity index (χ2n) is 10.5. The highest BCUT2D eigenvalue weighted by atomic mass is 16.5. The molecule has 0 aliphatic heterocycles. The van der Waals surface area contributed by atoms with Gasteiger partial charge in [-0.1, -0.05) is 71.9 Å². The van der Waals surface area contributed by atoms with Gasteiger partial charge in [-0.3, -0.25) is 9.78 Å². The molecule has 3 rings (SSSR count). The quantitative estimate of drug-likeness (QED) is 0.311. The fraction of sp³-hybridized carbons (Fsp3) is 0.467. The fourth-order valence-corrected chi connectivity index (χ4v) is 4.23. The van der Waals surface area contributed by atoms with E-state index < -0.39 is 0 Å². The molecule has 0 amide bonds. The van der Waals surface area contributed by atoms with Gasteiger partial charge in [0.25, 0.3) is 5.56 Å². The van der Waals surface area contributed by atoms with Gasteiger partial charge in [0.1, 0.15) is 6.61 Å². The third-order valence-corrected chi connectivity index (χ3v) is 5.84. The lowest BCUT2D eigenvalue weighted by molar-refractivity contribution is 0.298. The predicted molar refractivity (Wildman–Crippen MR) is 141 cm³/mol. The standard InChI is InChI=1S/C30H40N2O2/c1-21(2)13-15-32-29(25-12-14-31-27(18-25)17-23(5)6)26(16-22(3)4)19-28(30(32)33)34-20-24-10-8-7-9-11-24/h7-12,14,18-19,21-23H,13,15-17,20H2,1-6H3. The molecule has 0 bridgehead atoms. The van der Waals surface area contributed by atoms with Gasteiger partial charge in [-0.15, -0.1) is 0 Å². The number of ether oxygens (including phenoxy) is 1. The van der Waals surface area contributed by atoms with E-state index in [2.05, 4.69) is 52.6 Å². The Balaban J connectivity index is 2.13. The lowest BCUT2D eigenvalue weighted by Crippen LogP contribution is -2.26. The number of hydrogen-bond donors (Lipinski definition) is 0. The lowest BCUT2D eigenvalue weighted by Gasteiger charge is -2.22. The van der Waals surface area contributed by atoms with Crippen molar-refractivity contribution >= 4 is 0 Å². The monoisotopic (exact) mass is 460 g/mol. The molecular formula is C30H40N2O2. The van der Waals surface area contributed by atoms with E-state index in [0.29, 0.717) is 36.7 Å². The first kappa shape index (κ1) is 25.7. The van der Waals surface area contributed by atoms with E-state index in [9.17, 15) is 4.79 Å². The van der Waals surface area contributed by atoms with Gasteiger partial charge < -0.3 is 9.30 Å². The number of nitrogens with zero attached hydrogens (tertiary/aromatic N) is 2. The summed E-state index contributed by atoms with van der Waals surface area (Å²) in [5.74, 6) is 1.91. The molecule has 0 aliphatic carbocycles. The molecule has 0 radical (unpaired) electrons. The molecular weight excluding hydrogens is 420 g/mol. The Morgan fingerprint density at radius 2 is 1.59 bits per heavy atom.